The predicted octanol–water partition coefficient (Wildman–Crippen LogP) is 4.29. The van der Waals surface area contributed by atoms with Crippen molar-refractivity contribution in [3.05, 3.63) is 57.6 Å². The van der Waals surface area contributed by atoms with Gasteiger partial charge in [0, 0.05) is 41.8 Å². The Hall–Kier alpha value is -2.25. The standard InChI is InChI=1S/C18H19ClN4O2S/c1-2-3-15-21-17(25-23-15)9-8-16(24)22-18-20-11-14(26-18)10-12-4-6-13(19)7-5-12/h4-7,11H,2-3,8-10H2,1H3,(H,20,22,24). The zero-order chi connectivity index (χ0) is 18.4. The minimum absolute atomic E-state index is 0.118. The Kier molecular flexibility index (Phi) is 6.35. The van der Waals surface area contributed by atoms with Crippen LogP contribution in [0.4, 0.5) is 5.13 Å². The van der Waals surface area contributed by atoms with Gasteiger partial charge in [-0.25, -0.2) is 4.98 Å². The molecule has 0 aliphatic carbocycles. The highest BCUT2D eigenvalue weighted by Crippen LogP contribution is 2.22. The lowest BCUT2D eigenvalue weighted by atomic mass is 10.1. The highest BCUT2D eigenvalue weighted by atomic mass is 35.5. The van der Waals surface area contributed by atoms with Crippen molar-refractivity contribution < 1.29 is 9.32 Å². The first-order valence-electron chi connectivity index (χ1n) is 8.43. The number of carbonyl (C=O) groups is 1. The molecule has 0 unspecified atom stereocenters. The van der Waals surface area contributed by atoms with E-state index in [-0.39, 0.29) is 12.3 Å². The summed E-state index contributed by atoms with van der Waals surface area (Å²) in [6, 6.07) is 7.70. The predicted molar refractivity (Wildman–Crippen MR) is 102 cm³/mol. The van der Waals surface area contributed by atoms with Crippen molar-refractivity contribution in [2.24, 2.45) is 0 Å². The van der Waals surface area contributed by atoms with E-state index in [2.05, 4.69) is 27.4 Å². The van der Waals surface area contributed by atoms with Gasteiger partial charge in [0.25, 0.3) is 0 Å². The van der Waals surface area contributed by atoms with Gasteiger partial charge in [-0.2, -0.15) is 4.98 Å². The Bertz CT molecular complexity index is 860. The van der Waals surface area contributed by atoms with Crippen molar-refractivity contribution in [3.8, 4) is 0 Å². The van der Waals surface area contributed by atoms with Crippen LogP contribution in [0.5, 0.6) is 0 Å². The molecule has 3 aromatic rings. The van der Waals surface area contributed by atoms with Gasteiger partial charge < -0.3 is 9.84 Å². The SMILES string of the molecule is CCCc1noc(CCC(=O)Nc2ncc(Cc3ccc(Cl)cc3)s2)n1. The second-order valence-electron chi connectivity index (χ2n) is 5.84. The summed E-state index contributed by atoms with van der Waals surface area (Å²) in [5.41, 5.74) is 1.15. The summed E-state index contributed by atoms with van der Waals surface area (Å²) in [7, 11) is 0. The monoisotopic (exact) mass is 390 g/mol. The van der Waals surface area contributed by atoms with Crippen LogP contribution in [0.15, 0.2) is 35.0 Å². The van der Waals surface area contributed by atoms with Gasteiger partial charge in [0.05, 0.1) is 0 Å². The second-order valence-corrected chi connectivity index (χ2v) is 7.39. The number of carbonyl (C=O) groups excluding carboxylic acids is 1. The zero-order valence-corrected chi connectivity index (χ0v) is 15.9. The van der Waals surface area contributed by atoms with Crippen LogP contribution in [0.2, 0.25) is 5.02 Å². The van der Waals surface area contributed by atoms with Gasteiger partial charge in [-0.1, -0.05) is 35.8 Å². The molecule has 0 aliphatic heterocycles. The van der Waals surface area contributed by atoms with E-state index in [9.17, 15) is 4.79 Å². The maximum absolute atomic E-state index is 12.1. The molecule has 2 heterocycles. The number of anilines is 1. The van der Waals surface area contributed by atoms with Crippen molar-refractivity contribution in [1.29, 1.82) is 0 Å². The first-order valence-corrected chi connectivity index (χ1v) is 9.62. The molecule has 1 N–H and O–H groups in total. The molecule has 0 radical (unpaired) electrons. The van der Waals surface area contributed by atoms with Crippen molar-refractivity contribution in [2.45, 2.75) is 39.0 Å². The van der Waals surface area contributed by atoms with Gasteiger partial charge in [-0.05, 0) is 24.1 Å². The molecule has 0 saturated carbocycles. The van der Waals surface area contributed by atoms with Gasteiger partial charge in [0.1, 0.15) is 0 Å². The number of benzene rings is 1. The number of hydrogen-bond donors (Lipinski definition) is 1. The van der Waals surface area contributed by atoms with Crippen LogP contribution in [0.1, 0.15) is 41.9 Å². The second kappa shape index (κ2) is 8.91. The number of rotatable bonds is 8. The molecule has 3 rings (SSSR count). The van der Waals surface area contributed by atoms with E-state index in [0.717, 1.165) is 29.7 Å². The van der Waals surface area contributed by atoms with Crippen LogP contribution in [0.3, 0.4) is 0 Å². The quantitative estimate of drug-likeness (QED) is 0.620. The highest BCUT2D eigenvalue weighted by molar-refractivity contribution is 7.15. The summed E-state index contributed by atoms with van der Waals surface area (Å²) in [6.07, 6.45) is 4.98. The molecule has 1 amide bonds. The van der Waals surface area contributed by atoms with Crippen LogP contribution in [0, 0.1) is 0 Å². The number of hydrogen-bond acceptors (Lipinski definition) is 6. The first-order chi connectivity index (χ1) is 12.6. The topological polar surface area (TPSA) is 80.9 Å². The van der Waals surface area contributed by atoms with E-state index in [1.54, 1.807) is 6.20 Å². The van der Waals surface area contributed by atoms with E-state index < -0.39 is 0 Å². The maximum atomic E-state index is 12.1. The maximum Gasteiger partial charge on any atom is 0.227 e. The first kappa shape index (κ1) is 18.5. The average Bonchev–Trinajstić information content (AvgIpc) is 3.25. The van der Waals surface area contributed by atoms with Crippen LogP contribution >= 0.6 is 22.9 Å². The lowest BCUT2D eigenvalue weighted by Crippen LogP contribution is -2.12. The molecule has 0 aliphatic rings. The van der Waals surface area contributed by atoms with Crippen molar-refractivity contribution in [2.75, 3.05) is 5.32 Å². The summed E-state index contributed by atoms with van der Waals surface area (Å²) >= 11 is 7.36. The Morgan fingerprint density at radius 1 is 1.27 bits per heavy atom. The largest absolute Gasteiger partial charge is 0.339 e. The van der Waals surface area contributed by atoms with Gasteiger partial charge in [0.2, 0.25) is 11.8 Å². The summed E-state index contributed by atoms with van der Waals surface area (Å²) in [5, 5.41) is 8.01. The van der Waals surface area contributed by atoms with Crippen molar-refractivity contribution in [1.82, 2.24) is 15.1 Å². The fraction of sp³-hybridized carbons (Fsp3) is 0.333. The molecule has 1 aromatic carbocycles. The van der Waals surface area contributed by atoms with E-state index in [4.69, 9.17) is 16.1 Å². The summed E-state index contributed by atoms with van der Waals surface area (Å²) in [6.45, 7) is 2.05. The molecular formula is C18H19ClN4O2S. The third-order valence-electron chi connectivity index (χ3n) is 3.64. The summed E-state index contributed by atoms with van der Waals surface area (Å²) in [5.74, 6) is 1.06. The van der Waals surface area contributed by atoms with E-state index in [1.165, 1.54) is 11.3 Å². The van der Waals surface area contributed by atoms with Crippen LogP contribution in [-0.2, 0) is 24.1 Å². The molecular weight excluding hydrogens is 372 g/mol. The molecule has 6 nitrogen and oxygen atoms in total. The zero-order valence-electron chi connectivity index (χ0n) is 14.4. The number of amides is 1. The molecule has 8 heteroatoms. The van der Waals surface area contributed by atoms with Crippen LogP contribution < -0.4 is 5.32 Å². The normalized spacial score (nSPS) is 10.8. The molecule has 0 fully saturated rings. The minimum atomic E-state index is -0.118. The fourth-order valence-corrected chi connectivity index (χ4v) is 3.36. The summed E-state index contributed by atoms with van der Waals surface area (Å²) in [4.78, 5) is 21.7. The fourth-order valence-electron chi connectivity index (χ4n) is 2.37. The molecule has 0 bridgehead atoms. The Balaban J connectivity index is 1.48. The highest BCUT2D eigenvalue weighted by Gasteiger charge is 2.11. The van der Waals surface area contributed by atoms with Gasteiger partial charge in [0.15, 0.2) is 11.0 Å². The van der Waals surface area contributed by atoms with E-state index in [1.807, 2.05) is 24.3 Å². The Morgan fingerprint density at radius 3 is 2.85 bits per heavy atom. The average molecular weight is 391 g/mol. The van der Waals surface area contributed by atoms with Gasteiger partial charge >= 0.3 is 0 Å². The van der Waals surface area contributed by atoms with Gasteiger partial charge in [-0.3, -0.25) is 4.79 Å². The number of thiazole rings is 1. The third kappa shape index (κ3) is 5.37. The third-order valence-corrected chi connectivity index (χ3v) is 4.81. The Labute approximate surface area is 160 Å². The Morgan fingerprint density at radius 2 is 2.08 bits per heavy atom. The number of aryl methyl sites for hydroxylation is 2. The smallest absolute Gasteiger partial charge is 0.227 e. The number of aromatic nitrogens is 3. The van der Waals surface area contributed by atoms with Gasteiger partial charge in [-0.15, -0.1) is 11.3 Å². The van der Waals surface area contributed by atoms with Crippen molar-refractivity contribution in [3.63, 3.8) is 0 Å². The lowest BCUT2D eigenvalue weighted by Gasteiger charge is -1.99. The number of nitrogens with zero attached hydrogens (tertiary/aromatic N) is 3. The number of halogens is 1. The molecule has 0 spiro atoms. The van der Waals surface area contributed by atoms with Crippen molar-refractivity contribution >= 4 is 34.0 Å². The van der Waals surface area contributed by atoms with E-state index in [0.29, 0.717) is 28.3 Å². The van der Waals surface area contributed by atoms with Crippen LogP contribution in [0.25, 0.3) is 0 Å². The molecule has 136 valence electrons. The summed E-state index contributed by atoms with van der Waals surface area (Å²) < 4.78 is 5.13. The van der Waals surface area contributed by atoms with E-state index >= 15 is 0 Å². The molecule has 0 saturated heterocycles. The molecule has 26 heavy (non-hydrogen) atoms. The number of nitrogens with one attached hydrogen (secondary N) is 1. The van der Waals surface area contributed by atoms with Crippen LogP contribution in [-0.4, -0.2) is 21.0 Å². The lowest BCUT2D eigenvalue weighted by molar-refractivity contribution is -0.116. The minimum Gasteiger partial charge on any atom is -0.339 e. The molecule has 2 aromatic heterocycles. The molecule has 0 atom stereocenters.